The van der Waals surface area contributed by atoms with Crippen LogP contribution in [0.3, 0.4) is 0 Å². The lowest BCUT2D eigenvalue weighted by Gasteiger charge is -2.10. The van der Waals surface area contributed by atoms with Gasteiger partial charge in [-0.15, -0.1) is 0 Å². The van der Waals surface area contributed by atoms with E-state index in [1.807, 2.05) is 0 Å². The van der Waals surface area contributed by atoms with Crippen molar-refractivity contribution in [2.24, 2.45) is 5.92 Å². The maximum atomic E-state index is 10.5. The lowest BCUT2D eigenvalue weighted by molar-refractivity contribution is -0.131. The first kappa shape index (κ1) is 12.0. The monoisotopic (exact) mass is 252 g/mol. The van der Waals surface area contributed by atoms with Crippen molar-refractivity contribution >= 4 is 23.6 Å². The third kappa shape index (κ3) is 3.49. The van der Waals surface area contributed by atoms with Gasteiger partial charge in [0.1, 0.15) is 5.75 Å². The summed E-state index contributed by atoms with van der Waals surface area (Å²) >= 11 is 6.04. The first-order chi connectivity index (χ1) is 8.16. The molecule has 1 aliphatic rings. The molecular weight excluding hydrogens is 240 g/mol. The summed E-state index contributed by atoms with van der Waals surface area (Å²) in [5.41, 5.74) is 0.695. The van der Waals surface area contributed by atoms with Crippen LogP contribution in [-0.2, 0) is 4.79 Å². The summed E-state index contributed by atoms with van der Waals surface area (Å²) in [4.78, 5) is 10.5. The molecule has 1 aliphatic carbocycles. The van der Waals surface area contributed by atoms with Crippen LogP contribution in [0, 0.1) is 5.92 Å². The molecule has 90 valence electrons. The zero-order valence-corrected chi connectivity index (χ0v) is 9.98. The van der Waals surface area contributed by atoms with Gasteiger partial charge in [-0.1, -0.05) is 23.7 Å². The zero-order chi connectivity index (χ0) is 12.3. The van der Waals surface area contributed by atoms with Gasteiger partial charge in [0.15, 0.2) is 0 Å². The minimum atomic E-state index is -0.988. The van der Waals surface area contributed by atoms with Gasteiger partial charge in [-0.05, 0) is 30.9 Å². The van der Waals surface area contributed by atoms with Crippen LogP contribution in [0.4, 0.5) is 0 Å². The molecule has 0 spiro atoms. The largest absolute Gasteiger partial charge is 0.491 e. The van der Waals surface area contributed by atoms with Gasteiger partial charge >= 0.3 is 5.97 Å². The van der Waals surface area contributed by atoms with Crippen LogP contribution in [0.1, 0.15) is 18.4 Å². The number of benzene rings is 1. The van der Waals surface area contributed by atoms with Crippen molar-refractivity contribution in [1.82, 2.24) is 0 Å². The van der Waals surface area contributed by atoms with E-state index in [0.717, 1.165) is 6.08 Å². The Morgan fingerprint density at radius 2 is 2.29 bits per heavy atom. The molecule has 17 heavy (non-hydrogen) atoms. The topological polar surface area (TPSA) is 46.5 Å². The van der Waals surface area contributed by atoms with Crippen molar-refractivity contribution < 1.29 is 14.6 Å². The molecule has 0 radical (unpaired) electrons. The van der Waals surface area contributed by atoms with Gasteiger partial charge in [0.25, 0.3) is 0 Å². The van der Waals surface area contributed by atoms with E-state index in [1.54, 1.807) is 18.2 Å². The second-order valence-corrected chi connectivity index (χ2v) is 4.49. The van der Waals surface area contributed by atoms with E-state index in [0.29, 0.717) is 28.9 Å². The number of halogens is 1. The van der Waals surface area contributed by atoms with E-state index in [2.05, 4.69) is 0 Å². The van der Waals surface area contributed by atoms with Gasteiger partial charge in [0.05, 0.1) is 11.6 Å². The summed E-state index contributed by atoms with van der Waals surface area (Å²) in [6.45, 7) is 0.650. The van der Waals surface area contributed by atoms with Crippen LogP contribution >= 0.6 is 11.6 Å². The molecule has 0 atom stereocenters. The quantitative estimate of drug-likeness (QED) is 0.819. The van der Waals surface area contributed by atoms with Crippen molar-refractivity contribution in [2.45, 2.75) is 12.8 Å². The summed E-state index contributed by atoms with van der Waals surface area (Å²) < 4.78 is 5.65. The highest BCUT2D eigenvalue weighted by atomic mass is 35.5. The average molecular weight is 253 g/mol. The lowest BCUT2D eigenvalue weighted by atomic mass is 10.2. The van der Waals surface area contributed by atoms with Gasteiger partial charge in [0.2, 0.25) is 0 Å². The fraction of sp³-hybridized carbons (Fsp3) is 0.308. The molecule has 4 heteroatoms. The fourth-order valence-corrected chi connectivity index (χ4v) is 1.69. The second-order valence-electron chi connectivity index (χ2n) is 4.08. The number of hydrogen-bond acceptors (Lipinski definition) is 2. The van der Waals surface area contributed by atoms with Gasteiger partial charge in [-0.25, -0.2) is 4.79 Å². The van der Waals surface area contributed by atoms with Crippen molar-refractivity contribution in [3.63, 3.8) is 0 Å². The molecule has 0 heterocycles. The highest BCUT2D eigenvalue weighted by Crippen LogP contribution is 2.34. The van der Waals surface area contributed by atoms with Crippen LogP contribution in [0.5, 0.6) is 5.75 Å². The molecule has 0 unspecified atom stereocenters. The summed E-state index contributed by atoms with van der Waals surface area (Å²) in [7, 11) is 0. The molecule has 1 fully saturated rings. The lowest BCUT2D eigenvalue weighted by Crippen LogP contribution is -2.01. The zero-order valence-electron chi connectivity index (χ0n) is 9.23. The van der Waals surface area contributed by atoms with E-state index in [4.69, 9.17) is 21.4 Å². The summed E-state index contributed by atoms with van der Waals surface area (Å²) in [6, 6.07) is 5.29. The predicted molar refractivity (Wildman–Crippen MR) is 66.3 cm³/mol. The molecule has 1 N–H and O–H groups in total. The van der Waals surface area contributed by atoms with Gasteiger partial charge in [-0.3, -0.25) is 0 Å². The summed E-state index contributed by atoms with van der Waals surface area (Å²) in [5.74, 6) is 0.208. The summed E-state index contributed by atoms with van der Waals surface area (Å²) in [6.07, 6.45) is 4.97. The van der Waals surface area contributed by atoms with Gasteiger partial charge in [-0.2, -0.15) is 0 Å². The Kier molecular flexibility index (Phi) is 3.69. The Hall–Kier alpha value is -1.48. The van der Waals surface area contributed by atoms with Crippen LogP contribution < -0.4 is 4.74 Å². The molecule has 0 bridgehead atoms. The molecule has 1 aromatic rings. The number of ether oxygens (including phenoxy) is 1. The molecule has 1 aromatic carbocycles. The highest BCUT2D eigenvalue weighted by molar-refractivity contribution is 6.32. The van der Waals surface area contributed by atoms with Crippen LogP contribution in [0.15, 0.2) is 24.3 Å². The molecule has 3 nitrogen and oxygen atoms in total. The Morgan fingerprint density at radius 3 is 2.94 bits per heavy atom. The molecule has 0 aliphatic heterocycles. The van der Waals surface area contributed by atoms with E-state index < -0.39 is 5.97 Å². The standard InChI is InChI=1S/C13H13ClO3/c14-11-3-1-2-10(6-7-12(15)16)13(11)17-8-9-4-5-9/h1-3,6-7,9H,4-5,8H2,(H,15,16)/b7-6+. The average Bonchev–Trinajstić information content (AvgIpc) is 3.08. The Balaban J connectivity index is 2.16. The van der Waals surface area contributed by atoms with Crippen molar-refractivity contribution in [3.05, 3.63) is 34.9 Å². The van der Waals surface area contributed by atoms with Crippen molar-refractivity contribution in [3.8, 4) is 5.75 Å². The minimum absolute atomic E-state index is 0.512. The maximum absolute atomic E-state index is 10.5. The molecule has 1 saturated carbocycles. The van der Waals surface area contributed by atoms with Gasteiger partial charge < -0.3 is 9.84 Å². The number of carbonyl (C=O) groups is 1. The number of carboxylic acids is 1. The first-order valence-corrected chi connectivity index (χ1v) is 5.87. The van der Waals surface area contributed by atoms with Crippen LogP contribution in [-0.4, -0.2) is 17.7 Å². The summed E-state index contributed by atoms with van der Waals surface area (Å²) in [5, 5.41) is 9.11. The van der Waals surface area contributed by atoms with Crippen molar-refractivity contribution in [1.29, 1.82) is 0 Å². The normalized spacial score (nSPS) is 15.1. The Bertz CT molecular complexity index is 450. The Morgan fingerprint density at radius 1 is 1.53 bits per heavy atom. The molecule has 0 amide bonds. The number of para-hydroxylation sites is 1. The molecular formula is C13H13ClO3. The Labute approximate surface area is 105 Å². The maximum Gasteiger partial charge on any atom is 0.328 e. The van der Waals surface area contributed by atoms with Crippen molar-refractivity contribution in [2.75, 3.05) is 6.61 Å². The smallest absolute Gasteiger partial charge is 0.328 e. The van der Waals surface area contributed by atoms with E-state index in [-0.39, 0.29) is 0 Å². The van der Waals surface area contributed by atoms with E-state index in [9.17, 15) is 4.79 Å². The second kappa shape index (κ2) is 5.23. The molecule has 2 rings (SSSR count). The van der Waals surface area contributed by atoms with E-state index in [1.165, 1.54) is 18.9 Å². The minimum Gasteiger partial charge on any atom is -0.491 e. The molecule has 0 saturated heterocycles. The van der Waals surface area contributed by atoms with Crippen LogP contribution in [0.25, 0.3) is 6.08 Å². The highest BCUT2D eigenvalue weighted by Gasteiger charge is 2.22. The fourth-order valence-electron chi connectivity index (χ4n) is 1.46. The first-order valence-electron chi connectivity index (χ1n) is 5.49. The predicted octanol–water partition coefficient (Wildman–Crippen LogP) is 3.23. The number of hydrogen-bond donors (Lipinski definition) is 1. The third-order valence-electron chi connectivity index (χ3n) is 2.56. The number of carboxylic acid groups (broad SMARTS) is 1. The SMILES string of the molecule is O=C(O)/C=C/c1cccc(Cl)c1OCC1CC1. The number of aliphatic carboxylic acids is 1. The van der Waals surface area contributed by atoms with Crippen LogP contribution in [0.2, 0.25) is 5.02 Å². The van der Waals surface area contributed by atoms with E-state index >= 15 is 0 Å². The third-order valence-corrected chi connectivity index (χ3v) is 2.86. The van der Waals surface area contributed by atoms with Gasteiger partial charge in [0, 0.05) is 11.6 Å². The molecule has 0 aromatic heterocycles. The number of rotatable bonds is 5.